The van der Waals surface area contributed by atoms with Gasteiger partial charge >= 0.3 is 5.97 Å². The van der Waals surface area contributed by atoms with E-state index < -0.39 is 15.8 Å². The number of carbonyl (C=O) groups excluding carboxylic acids is 2. The van der Waals surface area contributed by atoms with Crippen LogP contribution in [0.2, 0.25) is 0 Å². The zero-order valence-electron chi connectivity index (χ0n) is 10.2. The maximum Gasteiger partial charge on any atom is 0.338 e. The minimum Gasteiger partial charge on any atom is -0.454 e. The van der Waals surface area contributed by atoms with Crippen LogP contribution in [-0.4, -0.2) is 33.0 Å². The first-order valence-corrected chi connectivity index (χ1v) is 7.27. The van der Waals surface area contributed by atoms with Crippen molar-refractivity contribution < 1.29 is 22.7 Å². The first-order valence-electron chi connectivity index (χ1n) is 5.21. The lowest BCUT2D eigenvalue weighted by Crippen LogP contribution is -2.11. The maximum atomic E-state index is 11.5. The molecule has 0 unspecified atom stereocenters. The van der Waals surface area contributed by atoms with Crippen molar-refractivity contribution in [1.82, 2.24) is 0 Å². The van der Waals surface area contributed by atoms with Crippen LogP contribution >= 0.6 is 0 Å². The van der Waals surface area contributed by atoms with Crippen LogP contribution < -0.4 is 0 Å². The molecule has 5 nitrogen and oxygen atoms in total. The molecule has 0 aliphatic rings. The molecule has 0 saturated carbocycles. The number of ketones is 1. The van der Waals surface area contributed by atoms with E-state index in [9.17, 15) is 18.0 Å². The van der Waals surface area contributed by atoms with E-state index in [-0.39, 0.29) is 23.7 Å². The summed E-state index contributed by atoms with van der Waals surface area (Å²) in [6.07, 6.45) is 1.14. The summed E-state index contributed by atoms with van der Waals surface area (Å²) >= 11 is 0. The van der Waals surface area contributed by atoms with Gasteiger partial charge in [-0.15, -0.1) is 0 Å². The van der Waals surface area contributed by atoms with Gasteiger partial charge in [-0.1, -0.05) is 12.1 Å². The van der Waals surface area contributed by atoms with E-state index in [4.69, 9.17) is 4.74 Å². The number of rotatable bonds is 5. The monoisotopic (exact) mass is 270 g/mol. The number of hydrogen-bond donors (Lipinski definition) is 0. The molecule has 0 atom stereocenters. The lowest BCUT2D eigenvalue weighted by Gasteiger charge is -2.04. The fraction of sp³-hybridized carbons (Fsp3) is 0.333. The third-order valence-electron chi connectivity index (χ3n) is 2.03. The number of ether oxygens (including phenoxy) is 1. The Morgan fingerprint density at radius 3 is 2.17 bits per heavy atom. The molecule has 0 N–H and O–H groups in total. The molecule has 0 spiro atoms. The van der Waals surface area contributed by atoms with Gasteiger partial charge in [0.2, 0.25) is 0 Å². The number of esters is 1. The average Bonchev–Trinajstić information content (AvgIpc) is 2.24. The Morgan fingerprint density at radius 1 is 1.17 bits per heavy atom. The van der Waals surface area contributed by atoms with E-state index in [0.29, 0.717) is 5.56 Å². The van der Waals surface area contributed by atoms with Crippen LogP contribution in [0.25, 0.3) is 0 Å². The quantitative estimate of drug-likeness (QED) is 0.745. The summed E-state index contributed by atoms with van der Waals surface area (Å²) in [5, 5.41) is 0. The Hall–Kier alpha value is -1.69. The number of Topliss-reactive ketones (excluding diaryl/α,β-unsaturated/α-hetero) is 1. The van der Waals surface area contributed by atoms with Crippen molar-refractivity contribution in [1.29, 1.82) is 0 Å². The summed E-state index contributed by atoms with van der Waals surface area (Å²) in [5.74, 6) is -0.913. The van der Waals surface area contributed by atoms with E-state index in [1.807, 2.05) is 0 Å². The molecule has 6 heteroatoms. The summed E-state index contributed by atoms with van der Waals surface area (Å²) in [6, 6.07) is 6.04. The molecule has 0 aliphatic heterocycles. The molecule has 1 aromatic carbocycles. The van der Waals surface area contributed by atoms with Crippen LogP contribution in [0.3, 0.4) is 0 Å². The summed E-state index contributed by atoms with van der Waals surface area (Å²) in [5.41, 5.74) is 0.883. The van der Waals surface area contributed by atoms with E-state index in [1.165, 1.54) is 19.1 Å². The van der Waals surface area contributed by atoms with Gasteiger partial charge in [-0.2, -0.15) is 0 Å². The first-order chi connectivity index (χ1) is 8.28. The second-order valence-corrected chi connectivity index (χ2v) is 6.19. The Bertz CT molecular complexity index is 542. The van der Waals surface area contributed by atoms with Crippen LogP contribution in [0.1, 0.15) is 22.8 Å². The van der Waals surface area contributed by atoms with Gasteiger partial charge in [0.05, 0.1) is 11.3 Å². The minimum atomic E-state index is -3.09. The average molecular weight is 270 g/mol. The predicted octanol–water partition coefficient (Wildman–Crippen LogP) is 0.977. The molecule has 0 fully saturated rings. The molecule has 0 amide bonds. The molecular formula is C12H14O5S. The van der Waals surface area contributed by atoms with Crippen molar-refractivity contribution in [2.75, 3.05) is 12.9 Å². The molecule has 0 radical (unpaired) electrons. The van der Waals surface area contributed by atoms with E-state index in [1.54, 1.807) is 12.1 Å². The highest BCUT2D eigenvalue weighted by molar-refractivity contribution is 7.89. The van der Waals surface area contributed by atoms with E-state index in [2.05, 4.69) is 0 Å². The van der Waals surface area contributed by atoms with Gasteiger partial charge in [0.25, 0.3) is 0 Å². The molecule has 98 valence electrons. The van der Waals surface area contributed by atoms with Gasteiger partial charge in [0.1, 0.15) is 6.61 Å². The Kier molecular flexibility index (Phi) is 4.61. The molecule has 1 aromatic rings. The highest BCUT2D eigenvalue weighted by atomic mass is 32.2. The van der Waals surface area contributed by atoms with Gasteiger partial charge in [-0.25, -0.2) is 13.2 Å². The van der Waals surface area contributed by atoms with Crippen molar-refractivity contribution in [3.05, 3.63) is 35.4 Å². The highest BCUT2D eigenvalue weighted by Crippen LogP contribution is 2.09. The predicted molar refractivity (Wildman–Crippen MR) is 66.0 cm³/mol. The summed E-state index contributed by atoms with van der Waals surface area (Å²) in [4.78, 5) is 22.1. The lowest BCUT2D eigenvalue weighted by molar-refractivity contribution is -0.120. The highest BCUT2D eigenvalue weighted by Gasteiger charge is 2.09. The second kappa shape index (κ2) is 5.77. The third kappa shape index (κ3) is 5.09. The molecule has 18 heavy (non-hydrogen) atoms. The molecule has 0 heterocycles. The summed E-state index contributed by atoms with van der Waals surface area (Å²) in [7, 11) is -3.09. The molecule has 1 rings (SSSR count). The molecule has 0 aromatic heterocycles. The summed E-state index contributed by atoms with van der Waals surface area (Å²) < 4.78 is 26.9. The first kappa shape index (κ1) is 14.4. The van der Waals surface area contributed by atoms with Crippen LogP contribution in [0.4, 0.5) is 0 Å². The fourth-order valence-electron chi connectivity index (χ4n) is 1.29. The van der Waals surface area contributed by atoms with Crippen molar-refractivity contribution in [2.45, 2.75) is 12.7 Å². The second-order valence-electron chi connectivity index (χ2n) is 4.05. The molecular weight excluding hydrogens is 256 g/mol. The van der Waals surface area contributed by atoms with Gasteiger partial charge in [0.15, 0.2) is 15.6 Å². The van der Waals surface area contributed by atoms with Crippen molar-refractivity contribution in [2.24, 2.45) is 0 Å². The smallest absolute Gasteiger partial charge is 0.338 e. The van der Waals surface area contributed by atoms with Gasteiger partial charge in [-0.05, 0) is 24.6 Å². The largest absolute Gasteiger partial charge is 0.454 e. The van der Waals surface area contributed by atoms with Crippen LogP contribution in [0, 0.1) is 0 Å². The molecule has 0 saturated heterocycles. The Morgan fingerprint density at radius 2 is 1.72 bits per heavy atom. The lowest BCUT2D eigenvalue weighted by atomic mass is 10.1. The van der Waals surface area contributed by atoms with Crippen LogP contribution in [0.5, 0.6) is 0 Å². The van der Waals surface area contributed by atoms with Gasteiger partial charge < -0.3 is 4.74 Å². The minimum absolute atomic E-state index is 0.0736. The Labute approximate surface area is 106 Å². The number of sulfone groups is 1. The SMILES string of the molecule is CC(=O)COC(=O)c1ccc(CS(C)(=O)=O)cc1. The number of benzene rings is 1. The van der Waals surface area contributed by atoms with E-state index in [0.717, 1.165) is 6.26 Å². The maximum absolute atomic E-state index is 11.5. The number of carbonyl (C=O) groups is 2. The molecule has 0 aliphatic carbocycles. The van der Waals surface area contributed by atoms with E-state index >= 15 is 0 Å². The van der Waals surface area contributed by atoms with Crippen LogP contribution in [0.15, 0.2) is 24.3 Å². The van der Waals surface area contributed by atoms with Crippen molar-refractivity contribution >= 4 is 21.6 Å². The summed E-state index contributed by atoms with van der Waals surface area (Å²) in [6.45, 7) is 1.06. The zero-order valence-corrected chi connectivity index (χ0v) is 11.0. The normalized spacial score (nSPS) is 11.0. The molecule has 0 bridgehead atoms. The zero-order chi connectivity index (χ0) is 13.8. The topological polar surface area (TPSA) is 77.5 Å². The van der Waals surface area contributed by atoms with Crippen LogP contribution in [-0.2, 0) is 25.1 Å². The Balaban J connectivity index is 2.71. The van der Waals surface area contributed by atoms with Crippen molar-refractivity contribution in [3.8, 4) is 0 Å². The number of hydrogen-bond acceptors (Lipinski definition) is 5. The van der Waals surface area contributed by atoms with Crippen molar-refractivity contribution in [3.63, 3.8) is 0 Å². The third-order valence-corrected chi connectivity index (χ3v) is 2.88. The fourth-order valence-corrected chi connectivity index (χ4v) is 2.09. The standard InChI is InChI=1S/C12H14O5S/c1-9(13)7-17-12(14)11-5-3-10(4-6-11)8-18(2,15)16/h3-6H,7-8H2,1-2H3. The van der Waals surface area contributed by atoms with Gasteiger partial charge in [-0.3, -0.25) is 4.79 Å². The van der Waals surface area contributed by atoms with Gasteiger partial charge in [0, 0.05) is 6.26 Å².